The number of likely N-dealkylation sites (N-methyl/N-ethyl adjacent to an activating group) is 2. The molecule has 0 aromatic heterocycles. The third kappa shape index (κ3) is 4.17. The average molecular weight is 352 g/mol. The molecule has 1 atom stereocenters. The van der Waals surface area contributed by atoms with Gasteiger partial charge in [-0.2, -0.15) is 0 Å². The molecule has 0 aliphatic carbocycles. The zero-order valence-corrected chi connectivity index (χ0v) is 16.0. The first kappa shape index (κ1) is 18.3. The van der Waals surface area contributed by atoms with Crippen molar-refractivity contribution in [2.45, 2.75) is 19.4 Å². The van der Waals surface area contributed by atoms with Crippen LogP contribution in [-0.2, 0) is 6.42 Å². The van der Waals surface area contributed by atoms with Gasteiger partial charge in [0, 0.05) is 31.5 Å². The molecule has 138 valence electrons. The number of rotatable bonds is 5. The number of benzene rings is 2. The van der Waals surface area contributed by atoms with E-state index in [1.165, 1.54) is 16.8 Å². The number of aryl methyl sites for hydroxylation is 1. The van der Waals surface area contributed by atoms with Crippen LogP contribution in [-0.4, -0.2) is 45.2 Å². The number of carbonyl (C=O) groups is 1. The quantitative estimate of drug-likeness (QED) is 0.867. The van der Waals surface area contributed by atoms with E-state index in [1.54, 1.807) is 0 Å². The van der Waals surface area contributed by atoms with Crippen molar-refractivity contribution >= 4 is 17.4 Å². The van der Waals surface area contributed by atoms with Crippen molar-refractivity contribution in [1.82, 2.24) is 10.2 Å². The molecule has 0 fully saturated rings. The van der Waals surface area contributed by atoms with E-state index in [0.717, 1.165) is 24.2 Å². The largest absolute Gasteiger partial charge is 0.374 e. The lowest BCUT2D eigenvalue weighted by molar-refractivity contribution is 0.243. The Labute approximate surface area is 156 Å². The number of amides is 2. The minimum absolute atomic E-state index is 0.134. The number of anilines is 2. The molecular formula is C21H28N4O. The zero-order valence-electron chi connectivity index (χ0n) is 16.0. The van der Waals surface area contributed by atoms with Gasteiger partial charge in [0.15, 0.2) is 0 Å². The summed E-state index contributed by atoms with van der Waals surface area (Å²) in [6, 6.07) is 14.4. The Morgan fingerprint density at radius 1 is 1.23 bits per heavy atom. The fraction of sp³-hybridized carbons (Fsp3) is 0.381. The summed E-state index contributed by atoms with van der Waals surface area (Å²) in [5.74, 6) is 0. The standard InChI is InChI=1S/C21H28N4O/c1-15-6-5-7-18(12-15)23-21(26)22-14-20(24(2)3)16-8-9-19-17(13-16)10-11-25(19)4/h5-9,12-13,20H,10-11,14H2,1-4H3,(H2,22,23,26)/t20-/m0/s1. The van der Waals surface area contributed by atoms with Crippen molar-refractivity contribution < 1.29 is 4.79 Å². The van der Waals surface area contributed by atoms with E-state index in [4.69, 9.17) is 0 Å². The smallest absolute Gasteiger partial charge is 0.319 e. The van der Waals surface area contributed by atoms with Gasteiger partial charge in [-0.15, -0.1) is 0 Å². The number of hydrogen-bond donors (Lipinski definition) is 2. The summed E-state index contributed by atoms with van der Waals surface area (Å²) < 4.78 is 0. The molecule has 0 saturated heterocycles. The van der Waals surface area contributed by atoms with Crippen LogP contribution in [0.5, 0.6) is 0 Å². The van der Waals surface area contributed by atoms with Crippen molar-refractivity contribution in [3.63, 3.8) is 0 Å². The summed E-state index contributed by atoms with van der Waals surface area (Å²) in [5.41, 5.74) is 5.87. The summed E-state index contributed by atoms with van der Waals surface area (Å²) >= 11 is 0. The van der Waals surface area contributed by atoms with E-state index in [0.29, 0.717) is 6.54 Å². The van der Waals surface area contributed by atoms with Gasteiger partial charge in [-0.25, -0.2) is 4.79 Å². The molecule has 5 nitrogen and oxygen atoms in total. The van der Waals surface area contributed by atoms with Crippen LogP contribution in [0.4, 0.5) is 16.2 Å². The Hall–Kier alpha value is -2.53. The van der Waals surface area contributed by atoms with Crippen LogP contribution >= 0.6 is 0 Å². The molecular weight excluding hydrogens is 324 g/mol. The Bertz CT molecular complexity index is 787. The molecule has 1 heterocycles. The SMILES string of the molecule is Cc1cccc(NC(=O)NC[C@@H](c2ccc3c(c2)CCN3C)N(C)C)c1. The number of hydrogen-bond acceptors (Lipinski definition) is 3. The van der Waals surface area contributed by atoms with E-state index < -0.39 is 0 Å². The average Bonchev–Trinajstić information content (AvgIpc) is 2.95. The van der Waals surface area contributed by atoms with Crippen molar-refractivity contribution in [3.8, 4) is 0 Å². The first-order chi connectivity index (χ1) is 12.4. The molecule has 0 bridgehead atoms. The molecule has 0 spiro atoms. The van der Waals surface area contributed by atoms with Gasteiger partial charge in [-0.3, -0.25) is 0 Å². The maximum atomic E-state index is 12.3. The number of nitrogens with zero attached hydrogens (tertiary/aromatic N) is 2. The lowest BCUT2D eigenvalue weighted by Crippen LogP contribution is -2.36. The fourth-order valence-electron chi connectivity index (χ4n) is 3.48. The highest BCUT2D eigenvalue weighted by Gasteiger charge is 2.20. The first-order valence-electron chi connectivity index (χ1n) is 9.06. The van der Waals surface area contributed by atoms with E-state index in [9.17, 15) is 4.79 Å². The lowest BCUT2D eigenvalue weighted by Gasteiger charge is -2.26. The number of fused-ring (bicyclic) bond motifs is 1. The number of nitrogens with one attached hydrogen (secondary N) is 2. The molecule has 1 aliphatic rings. The fourth-order valence-corrected chi connectivity index (χ4v) is 3.48. The van der Waals surface area contributed by atoms with Crippen LogP contribution in [0.3, 0.4) is 0 Å². The van der Waals surface area contributed by atoms with Crippen molar-refractivity contribution in [2.24, 2.45) is 0 Å². The Kier molecular flexibility index (Phi) is 5.47. The normalized spacial score (nSPS) is 14.3. The van der Waals surface area contributed by atoms with Crippen molar-refractivity contribution in [3.05, 3.63) is 59.2 Å². The van der Waals surface area contributed by atoms with Gasteiger partial charge < -0.3 is 20.4 Å². The number of urea groups is 1. The Balaban J connectivity index is 1.65. The van der Waals surface area contributed by atoms with Gasteiger partial charge in [-0.05, 0) is 62.3 Å². The van der Waals surface area contributed by atoms with Gasteiger partial charge in [0.25, 0.3) is 0 Å². The molecule has 0 saturated carbocycles. The zero-order chi connectivity index (χ0) is 18.7. The first-order valence-corrected chi connectivity index (χ1v) is 9.06. The van der Waals surface area contributed by atoms with Crippen LogP contribution in [0.25, 0.3) is 0 Å². The van der Waals surface area contributed by atoms with E-state index in [2.05, 4.69) is 45.7 Å². The third-order valence-corrected chi connectivity index (χ3v) is 4.97. The van der Waals surface area contributed by atoms with E-state index in [-0.39, 0.29) is 12.1 Å². The summed E-state index contributed by atoms with van der Waals surface area (Å²) in [6.45, 7) is 3.64. The van der Waals surface area contributed by atoms with Gasteiger partial charge in [0.1, 0.15) is 0 Å². The predicted octanol–water partition coefficient (Wildman–Crippen LogP) is 3.41. The maximum absolute atomic E-state index is 12.3. The number of carbonyl (C=O) groups excluding carboxylic acids is 1. The molecule has 1 aliphatic heterocycles. The summed E-state index contributed by atoms with van der Waals surface area (Å²) in [7, 11) is 6.22. The molecule has 3 rings (SSSR count). The molecule has 2 aromatic carbocycles. The van der Waals surface area contributed by atoms with E-state index >= 15 is 0 Å². The highest BCUT2D eigenvalue weighted by molar-refractivity contribution is 5.89. The third-order valence-electron chi connectivity index (χ3n) is 4.97. The molecule has 2 aromatic rings. The van der Waals surface area contributed by atoms with Gasteiger partial charge in [0.05, 0.1) is 6.04 Å². The highest BCUT2D eigenvalue weighted by atomic mass is 16.2. The molecule has 2 amide bonds. The van der Waals surface area contributed by atoms with Gasteiger partial charge in [-0.1, -0.05) is 24.3 Å². The van der Waals surface area contributed by atoms with Gasteiger partial charge in [0.2, 0.25) is 0 Å². The monoisotopic (exact) mass is 352 g/mol. The molecule has 0 unspecified atom stereocenters. The predicted molar refractivity (Wildman–Crippen MR) is 108 cm³/mol. The van der Waals surface area contributed by atoms with Gasteiger partial charge >= 0.3 is 6.03 Å². The van der Waals surface area contributed by atoms with E-state index in [1.807, 2.05) is 45.3 Å². The maximum Gasteiger partial charge on any atom is 0.319 e. The minimum atomic E-state index is -0.177. The minimum Gasteiger partial charge on any atom is -0.374 e. The molecule has 2 N–H and O–H groups in total. The summed E-state index contributed by atoms with van der Waals surface area (Å²) in [4.78, 5) is 16.7. The Morgan fingerprint density at radius 2 is 2.04 bits per heavy atom. The second-order valence-corrected chi connectivity index (χ2v) is 7.24. The Morgan fingerprint density at radius 3 is 2.77 bits per heavy atom. The molecule has 5 heteroatoms. The van der Waals surface area contributed by atoms with Crippen LogP contribution in [0.2, 0.25) is 0 Å². The highest BCUT2D eigenvalue weighted by Crippen LogP contribution is 2.30. The molecule has 26 heavy (non-hydrogen) atoms. The molecule has 0 radical (unpaired) electrons. The topological polar surface area (TPSA) is 47.6 Å². The van der Waals surface area contributed by atoms with Crippen LogP contribution in [0.15, 0.2) is 42.5 Å². The second-order valence-electron chi connectivity index (χ2n) is 7.24. The lowest BCUT2D eigenvalue weighted by atomic mass is 10.0. The van der Waals surface area contributed by atoms with Crippen LogP contribution < -0.4 is 15.5 Å². The van der Waals surface area contributed by atoms with Crippen molar-refractivity contribution in [2.75, 3.05) is 44.4 Å². The second kappa shape index (κ2) is 7.79. The summed E-state index contributed by atoms with van der Waals surface area (Å²) in [5, 5.41) is 5.91. The summed E-state index contributed by atoms with van der Waals surface area (Å²) in [6.07, 6.45) is 1.08. The van der Waals surface area contributed by atoms with Crippen LogP contribution in [0.1, 0.15) is 22.7 Å². The van der Waals surface area contributed by atoms with Crippen LogP contribution in [0, 0.1) is 6.92 Å². The van der Waals surface area contributed by atoms with Crippen molar-refractivity contribution in [1.29, 1.82) is 0 Å².